The first kappa shape index (κ1) is 22.7. The van der Waals surface area contributed by atoms with Crippen molar-refractivity contribution in [3.63, 3.8) is 0 Å². The van der Waals surface area contributed by atoms with E-state index in [1.165, 1.54) is 11.1 Å². The lowest BCUT2D eigenvalue weighted by molar-refractivity contribution is 0.377. The maximum atomic E-state index is 10.5. The Hall–Kier alpha value is -1.57. The van der Waals surface area contributed by atoms with Crippen LogP contribution in [0.2, 0.25) is 0 Å². The third-order valence-corrected chi connectivity index (χ3v) is 5.70. The van der Waals surface area contributed by atoms with Crippen molar-refractivity contribution >= 4 is 8.60 Å². The van der Waals surface area contributed by atoms with E-state index in [1.807, 2.05) is 12.1 Å². The van der Waals surface area contributed by atoms with Crippen molar-refractivity contribution in [1.29, 1.82) is 0 Å². The summed E-state index contributed by atoms with van der Waals surface area (Å²) in [5.41, 5.74) is 4.72. The molecule has 1 N–H and O–H groups in total. The molecule has 2 aromatic carbocycles. The monoisotopic (exact) mass is 402 g/mol. The molecule has 0 radical (unpaired) electrons. The van der Waals surface area contributed by atoms with E-state index in [0.29, 0.717) is 35.2 Å². The summed E-state index contributed by atoms with van der Waals surface area (Å²) in [4.78, 5) is 10.5. The van der Waals surface area contributed by atoms with E-state index < -0.39 is 8.60 Å². The largest absolute Gasteiger partial charge is 0.460 e. The van der Waals surface area contributed by atoms with Crippen LogP contribution < -0.4 is 9.05 Å². The zero-order valence-electron chi connectivity index (χ0n) is 18.5. The van der Waals surface area contributed by atoms with Gasteiger partial charge < -0.3 is 13.9 Å². The van der Waals surface area contributed by atoms with Gasteiger partial charge in [-0.2, -0.15) is 0 Å². The average molecular weight is 403 g/mol. The lowest BCUT2D eigenvalue weighted by atomic mass is 9.95. The Bertz CT molecular complexity index is 716. The Morgan fingerprint density at radius 3 is 1.25 bits per heavy atom. The van der Waals surface area contributed by atoms with Gasteiger partial charge in [-0.05, 0) is 58.1 Å². The van der Waals surface area contributed by atoms with E-state index in [9.17, 15) is 4.89 Å². The first-order valence-corrected chi connectivity index (χ1v) is 11.4. The van der Waals surface area contributed by atoms with Crippen molar-refractivity contribution in [3.8, 4) is 11.5 Å². The fourth-order valence-electron chi connectivity index (χ4n) is 3.11. The molecule has 0 heterocycles. The third kappa shape index (κ3) is 5.72. The molecule has 0 amide bonds. The lowest BCUT2D eigenvalue weighted by Gasteiger charge is -2.21. The average Bonchev–Trinajstić information content (AvgIpc) is 2.61. The van der Waals surface area contributed by atoms with E-state index in [-0.39, 0.29) is 0 Å². The molecule has 0 aliphatic heterocycles. The molecule has 154 valence electrons. The van der Waals surface area contributed by atoms with Crippen molar-refractivity contribution in [2.45, 2.75) is 79.1 Å². The molecule has 0 saturated carbocycles. The molecule has 3 nitrogen and oxygen atoms in total. The Kier molecular flexibility index (Phi) is 7.92. The van der Waals surface area contributed by atoms with Crippen LogP contribution in [0.15, 0.2) is 36.4 Å². The molecule has 0 spiro atoms. The first-order chi connectivity index (χ1) is 13.1. The minimum absolute atomic E-state index is 0.300. The van der Waals surface area contributed by atoms with E-state index >= 15 is 0 Å². The highest BCUT2D eigenvalue weighted by atomic mass is 31.2. The quantitative estimate of drug-likeness (QED) is 0.457. The Morgan fingerprint density at radius 1 is 0.607 bits per heavy atom. The normalized spacial score (nSPS) is 11.9. The van der Waals surface area contributed by atoms with Gasteiger partial charge in [0.05, 0.1) is 0 Å². The summed E-state index contributed by atoms with van der Waals surface area (Å²) in [6.45, 7) is 17.2. The summed E-state index contributed by atoms with van der Waals surface area (Å²) >= 11 is 0. The molecule has 0 atom stereocenters. The molecule has 28 heavy (non-hydrogen) atoms. The highest BCUT2D eigenvalue weighted by Gasteiger charge is 2.20. The molecule has 4 heteroatoms. The highest BCUT2D eigenvalue weighted by molar-refractivity contribution is 7.41. The number of hydrogen-bond donors (Lipinski definition) is 1. The van der Waals surface area contributed by atoms with Gasteiger partial charge in [0.15, 0.2) is 0 Å². The van der Waals surface area contributed by atoms with Crippen molar-refractivity contribution < 1.29 is 13.9 Å². The minimum atomic E-state index is -2.07. The van der Waals surface area contributed by atoms with E-state index in [2.05, 4.69) is 79.7 Å². The first-order valence-electron chi connectivity index (χ1n) is 10.2. The minimum Gasteiger partial charge on any atom is -0.418 e. The summed E-state index contributed by atoms with van der Waals surface area (Å²) in [6.07, 6.45) is 0. The van der Waals surface area contributed by atoms with Crippen LogP contribution in [-0.4, -0.2) is 4.89 Å². The maximum Gasteiger partial charge on any atom is 0.460 e. The van der Waals surface area contributed by atoms with Gasteiger partial charge in [0, 0.05) is 0 Å². The van der Waals surface area contributed by atoms with Crippen LogP contribution in [0.3, 0.4) is 0 Å². The molecule has 0 aliphatic carbocycles. The van der Waals surface area contributed by atoms with Crippen LogP contribution in [0.1, 0.15) is 101 Å². The molecule has 0 bridgehead atoms. The van der Waals surface area contributed by atoms with Crippen LogP contribution in [0.25, 0.3) is 0 Å². The Labute approximate surface area is 172 Å². The van der Waals surface area contributed by atoms with E-state index in [0.717, 1.165) is 11.1 Å². The van der Waals surface area contributed by atoms with Crippen LogP contribution in [0.5, 0.6) is 11.5 Å². The second kappa shape index (κ2) is 9.76. The van der Waals surface area contributed by atoms with E-state index in [4.69, 9.17) is 9.05 Å². The van der Waals surface area contributed by atoms with Gasteiger partial charge in [-0.1, -0.05) is 79.7 Å². The fourth-order valence-corrected chi connectivity index (χ4v) is 3.81. The molecular weight excluding hydrogens is 367 g/mol. The van der Waals surface area contributed by atoms with Gasteiger partial charge >= 0.3 is 8.60 Å². The van der Waals surface area contributed by atoms with Gasteiger partial charge in [0.1, 0.15) is 11.5 Å². The molecule has 0 aliphatic rings. The fraction of sp³-hybridized carbons (Fsp3) is 0.500. The van der Waals surface area contributed by atoms with Gasteiger partial charge in [-0.3, -0.25) is 0 Å². The molecule has 0 saturated heterocycles. The zero-order chi connectivity index (χ0) is 21.0. The van der Waals surface area contributed by atoms with Gasteiger partial charge in [-0.25, -0.2) is 0 Å². The molecule has 0 fully saturated rings. The Morgan fingerprint density at radius 2 is 0.964 bits per heavy atom. The SMILES string of the molecule is CC(C)c1ccc(OP(O)Oc2ccc(C(C)C)cc2C(C)C)c(C(C)C)c1. The van der Waals surface area contributed by atoms with Crippen LogP contribution in [0.4, 0.5) is 0 Å². The maximum absolute atomic E-state index is 10.5. The zero-order valence-corrected chi connectivity index (χ0v) is 19.4. The standard InChI is InChI=1S/C24H35O3P/c1-15(2)19-9-11-23(21(13-19)17(5)6)26-28(25)27-24-12-10-20(16(3)4)14-22(24)18(7)8/h9-18,25H,1-8H3. The van der Waals surface area contributed by atoms with Crippen molar-refractivity contribution in [2.24, 2.45) is 0 Å². The van der Waals surface area contributed by atoms with Crippen LogP contribution >= 0.6 is 8.60 Å². The second-order valence-corrected chi connectivity index (χ2v) is 9.47. The van der Waals surface area contributed by atoms with Gasteiger partial charge in [0.2, 0.25) is 0 Å². The van der Waals surface area contributed by atoms with Crippen LogP contribution in [-0.2, 0) is 0 Å². The summed E-state index contributed by atoms with van der Waals surface area (Å²) in [7, 11) is -2.07. The predicted octanol–water partition coefficient (Wildman–Crippen LogP) is 7.86. The molecule has 2 aromatic rings. The molecule has 0 aromatic heterocycles. The smallest absolute Gasteiger partial charge is 0.418 e. The second-order valence-electron chi connectivity index (χ2n) is 8.63. The molecular formula is C24H35O3P. The van der Waals surface area contributed by atoms with Crippen molar-refractivity contribution in [1.82, 2.24) is 0 Å². The topological polar surface area (TPSA) is 38.7 Å². The number of rotatable bonds is 8. The summed E-state index contributed by atoms with van der Waals surface area (Å²) in [6, 6.07) is 12.4. The summed E-state index contributed by atoms with van der Waals surface area (Å²) in [5.74, 6) is 2.89. The van der Waals surface area contributed by atoms with Crippen molar-refractivity contribution in [3.05, 3.63) is 58.7 Å². The van der Waals surface area contributed by atoms with Crippen molar-refractivity contribution in [2.75, 3.05) is 0 Å². The lowest BCUT2D eigenvalue weighted by Crippen LogP contribution is -2.03. The third-order valence-electron chi connectivity index (χ3n) is 5.00. The number of benzene rings is 2. The predicted molar refractivity (Wildman–Crippen MR) is 120 cm³/mol. The number of hydrogen-bond acceptors (Lipinski definition) is 3. The molecule has 0 unspecified atom stereocenters. The van der Waals surface area contributed by atoms with Crippen LogP contribution in [0, 0.1) is 0 Å². The Balaban J connectivity index is 2.24. The summed E-state index contributed by atoms with van der Waals surface area (Å²) in [5, 5.41) is 0. The highest BCUT2D eigenvalue weighted by Crippen LogP contribution is 2.43. The molecule has 2 rings (SSSR count). The summed E-state index contributed by atoms with van der Waals surface area (Å²) < 4.78 is 11.7. The van der Waals surface area contributed by atoms with Gasteiger partial charge in [0.25, 0.3) is 0 Å². The van der Waals surface area contributed by atoms with Gasteiger partial charge in [-0.15, -0.1) is 0 Å². The van der Waals surface area contributed by atoms with E-state index in [1.54, 1.807) is 0 Å².